The van der Waals surface area contributed by atoms with Gasteiger partial charge in [-0.1, -0.05) is 13.8 Å². The number of benzene rings is 1. The second-order valence-electron chi connectivity index (χ2n) is 6.49. The lowest BCUT2D eigenvalue weighted by atomic mass is 10.0. The highest BCUT2D eigenvalue weighted by Gasteiger charge is 2.39. The molecule has 1 heterocycles. The lowest BCUT2D eigenvalue weighted by Gasteiger charge is -2.28. The largest absolute Gasteiger partial charge is 0.383 e. The molecular weight excluding hydrogens is 360 g/mol. The lowest BCUT2D eigenvalue weighted by molar-refractivity contribution is -0.384. The van der Waals surface area contributed by atoms with Crippen LogP contribution in [0.15, 0.2) is 24.3 Å². The van der Waals surface area contributed by atoms with E-state index in [1.54, 1.807) is 12.1 Å². The van der Waals surface area contributed by atoms with Crippen LogP contribution in [0.4, 0.5) is 11.4 Å². The van der Waals surface area contributed by atoms with Gasteiger partial charge in [0.1, 0.15) is 6.04 Å². The number of sulfonamides is 1. The fourth-order valence-electron chi connectivity index (χ4n) is 2.94. The smallest absolute Gasteiger partial charge is 0.269 e. The Hall–Kier alpha value is -2.20. The first kappa shape index (κ1) is 20.1. The van der Waals surface area contributed by atoms with Gasteiger partial charge in [0.05, 0.1) is 10.7 Å². The van der Waals surface area contributed by atoms with Crippen LogP contribution < -0.4 is 10.6 Å². The van der Waals surface area contributed by atoms with Crippen molar-refractivity contribution in [3.63, 3.8) is 0 Å². The molecule has 0 saturated carbocycles. The van der Waals surface area contributed by atoms with E-state index >= 15 is 0 Å². The van der Waals surface area contributed by atoms with E-state index in [-0.39, 0.29) is 23.3 Å². The fraction of sp³-hybridized carbons (Fsp3) is 0.562. The zero-order valence-corrected chi connectivity index (χ0v) is 15.7. The van der Waals surface area contributed by atoms with E-state index < -0.39 is 21.0 Å². The number of nitro benzene ring substituents is 1. The number of hydrogen-bond donors (Lipinski definition) is 2. The molecule has 26 heavy (non-hydrogen) atoms. The van der Waals surface area contributed by atoms with Gasteiger partial charge in [0, 0.05) is 37.5 Å². The quantitative estimate of drug-likeness (QED) is 0.394. The van der Waals surface area contributed by atoms with Crippen LogP contribution in [-0.2, 0) is 14.8 Å². The number of nitrogens with zero attached hydrogens (tertiary/aromatic N) is 2. The predicted octanol–water partition coefficient (Wildman–Crippen LogP) is 1.18. The monoisotopic (exact) mass is 384 g/mol. The molecule has 1 atom stereocenters. The van der Waals surface area contributed by atoms with E-state index in [4.69, 9.17) is 0 Å². The van der Waals surface area contributed by atoms with Crippen LogP contribution in [0.25, 0.3) is 0 Å². The number of carbonyl (C=O) groups is 1. The summed E-state index contributed by atoms with van der Waals surface area (Å²) >= 11 is 0. The van der Waals surface area contributed by atoms with Crippen molar-refractivity contribution < 1.29 is 18.1 Å². The number of carbonyl (C=O) groups excluding carboxylic acids is 1. The Balaban J connectivity index is 1.85. The first-order valence-corrected chi connectivity index (χ1v) is 10.1. The molecule has 1 fully saturated rings. The molecule has 0 spiro atoms. The van der Waals surface area contributed by atoms with Crippen molar-refractivity contribution in [2.45, 2.75) is 26.3 Å². The number of rotatable bonds is 8. The second-order valence-corrected chi connectivity index (χ2v) is 8.53. The minimum absolute atomic E-state index is 0.00968. The third-order valence-electron chi connectivity index (χ3n) is 4.18. The standard InChI is InChI=1S/C16H24N4O5S/c1-12(2)15(19-10-3-11-26(19,24)25)16(21)18-9-8-17-13-4-6-14(7-5-13)20(22)23/h4-7,12,15,17H,3,8-11H2,1-2H3,(H,18,21)/t15-/m1/s1. The van der Waals surface area contributed by atoms with Crippen molar-refractivity contribution in [1.29, 1.82) is 0 Å². The molecule has 1 aromatic rings. The van der Waals surface area contributed by atoms with Crippen molar-refractivity contribution in [1.82, 2.24) is 9.62 Å². The molecule has 1 aromatic carbocycles. The number of nitrogens with one attached hydrogen (secondary N) is 2. The summed E-state index contributed by atoms with van der Waals surface area (Å²) in [6.45, 7) is 4.76. The van der Waals surface area contributed by atoms with Crippen LogP contribution in [0.5, 0.6) is 0 Å². The van der Waals surface area contributed by atoms with Crippen LogP contribution in [0.1, 0.15) is 20.3 Å². The number of amides is 1. The maximum Gasteiger partial charge on any atom is 0.269 e. The number of anilines is 1. The summed E-state index contributed by atoms with van der Waals surface area (Å²) in [5.74, 6) is -0.355. The SMILES string of the molecule is CC(C)[C@H](C(=O)NCCNc1ccc([N+](=O)[O-])cc1)N1CCCS1(=O)=O. The predicted molar refractivity (Wildman–Crippen MR) is 98.3 cm³/mol. The van der Waals surface area contributed by atoms with Gasteiger partial charge in [0.2, 0.25) is 15.9 Å². The molecule has 0 aromatic heterocycles. The van der Waals surface area contributed by atoms with E-state index in [9.17, 15) is 23.3 Å². The summed E-state index contributed by atoms with van der Waals surface area (Å²) in [6.07, 6.45) is 0.542. The van der Waals surface area contributed by atoms with E-state index in [2.05, 4.69) is 10.6 Å². The number of nitro groups is 1. The summed E-state index contributed by atoms with van der Waals surface area (Å²) in [7, 11) is -3.36. The molecule has 0 aliphatic carbocycles. The van der Waals surface area contributed by atoms with Gasteiger partial charge in [-0.2, -0.15) is 4.31 Å². The molecule has 1 aliphatic rings. The van der Waals surface area contributed by atoms with Crippen LogP contribution >= 0.6 is 0 Å². The molecule has 0 radical (unpaired) electrons. The Morgan fingerprint density at radius 2 is 1.92 bits per heavy atom. The maximum absolute atomic E-state index is 12.5. The summed E-state index contributed by atoms with van der Waals surface area (Å²) in [4.78, 5) is 22.6. The molecule has 2 rings (SSSR count). The van der Waals surface area contributed by atoms with Gasteiger partial charge >= 0.3 is 0 Å². The van der Waals surface area contributed by atoms with Crippen molar-refractivity contribution in [2.24, 2.45) is 5.92 Å². The van der Waals surface area contributed by atoms with Crippen molar-refractivity contribution >= 4 is 27.3 Å². The fourth-order valence-corrected chi connectivity index (χ4v) is 4.76. The summed E-state index contributed by atoms with van der Waals surface area (Å²) in [6, 6.07) is 5.27. The maximum atomic E-state index is 12.5. The number of non-ortho nitro benzene ring substituents is 1. The lowest BCUT2D eigenvalue weighted by Crippen LogP contribution is -2.51. The minimum atomic E-state index is -3.36. The van der Waals surface area contributed by atoms with Gasteiger partial charge in [-0.25, -0.2) is 8.42 Å². The molecule has 2 N–H and O–H groups in total. The van der Waals surface area contributed by atoms with Gasteiger partial charge in [-0.05, 0) is 24.5 Å². The molecule has 10 heteroatoms. The van der Waals surface area contributed by atoms with Gasteiger partial charge in [0.15, 0.2) is 0 Å². The van der Waals surface area contributed by atoms with Crippen molar-refractivity contribution in [3.8, 4) is 0 Å². The normalized spacial score (nSPS) is 17.8. The van der Waals surface area contributed by atoms with Gasteiger partial charge in [-0.3, -0.25) is 14.9 Å². The molecule has 1 saturated heterocycles. The minimum Gasteiger partial charge on any atom is -0.383 e. The highest BCUT2D eigenvalue weighted by atomic mass is 32.2. The van der Waals surface area contributed by atoms with E-state index in [1.165, 1.54) is 16.4 Å². The average Bonchev–Trinajstić information content (AvgIpc) is 2.91. The van der Waals surface area contributed by atoms with E-state index in [0.29, 0.717) is 31.7 Å². The Bertz CT molecular complexity index is 748. The first-order chi connectivity index (χ1) is 12.2. The second kappa shape index (κ2) is 8.45. The van der Waals surface area contributed by atoms with Gasteiger partial charge in [-0.15, -0.1) is 0 Å². The molecule has 1 amide bonds. The highest BCUT2D eigenvalue weighted by molar-refractivity contribution is 7.89. The van der Waals surface area contributed by atoms with Crippen LogP contribution in [0, 0.1) is 16.0 Å². The molecule has 144 valence electrons. The van der Waals surface area contributed by atoms with Crippen molar-refractivity contribution in [3.05, 3.63) is 34.4 Å². The summed E-state index contributed by atoms with van der Waals surface area (Å²) in [5.41, 5.74) is 0.711. The van der Waals surface area contributed by atoms with Gasteiger partial charge < -0.3 is 10.6 Å². The van der Waals surface area contributed by atoms with E-state index in [0.717, 1.165) is 0 Å². The number of hydrogen-bond acceptors (Lipinski definition) is 6. The van der Waals surface area contributed by atoms with Gasteiger partial charge in [0.25, 0.3) is 5.69 Å². The molecule has 1 aliphatic heterocycles. The highest BCUT2D eigenvalue weighted by Crippen LogP contribution is 2.22. The molecule has 0 unspecified atom stereocenters. The third-order valence-corrected chi connectivity index (χ3v) is 6.11. The Morgan fingerprint density at radius 1 is 1.27 bits per heavy atom. The zero-order valence-electron chi connectivity index (χ0n) is 14.8. The Kier molecular flexibility index (Phi) is 6.54. The Labute approximate surface area is 153 Å². The molecule has 0 bridgehead atoms. The third kappa shape index (κ3) is 4.92. The van der Waals surface area contributed by atoms with E-state index in [1.807, 2.05) is 13.8 Å². The van der Waals surface area contributed by atoms with Crippen LogP contribution in [0.2, 0.25) is 0 Å². The summed E-state index contributed by atoms with van der Waals surface area (Å²) in [5, 5.41) is 16.4. The average molecular weight is 384 g/mol. The Morgan fingerprint density at radius 3 is 2.42 bits per heavy atom. The first-order valence-electron chi connectivity index (χ1n) is 8.48. The zero-order chi connectivity index (χ0) is 19.3. The van der Waals surface area contributed by atoms with Crippen LogP contribution in [-0.4, -0.2) is 55.0 Å². The molecular formula is C16H24N4O5S. The van der Waals surface area contributed by atoms with Crippen molar-refractivity contribution in [2.75, 3.05) is 30.7 Å². The molecule has 9 nitrogen and oxygen atoms in total. The van der Waals surface area contributed by atoms with Crippen LogP contribution in [0.3, 0.4) is 0 Å². The topological polar surface area (TPSA) is 122 Å². The summed E-state index contributed by atoms with van der Waals surface area (Å²) < 4.78 is 25.5.